The average molecular weight is 386 g/mol. The molecule has 11 heteroatoms. The van der Waals surface area contributed by atoms with Crippen LogP contribution in [0.3, 0.4) is 0 Å². The van der Waals surface area contributed by atoms with Crippen molar-refractivity contribution in [3.8, 4) is 0 Å². The Balaban J connectivity index is 2.06. The minimum atomic E-state index is -3.35. The fraction of sp³-hybridized carbons (Fsp3) is 0.667. The molecule has 1 aromatic rings. The third-order valence-electron chi connectivity index (χ3n) is 3.19. The van der Waals surface area contributed by atoms with Crippen LogP contribution in [0.4, 0.5) is 5.88 Å². The first-order chi connectivity index (χ1) is 11.0. The van der Waals surface area contributed by atoms with Gasteiger partial charge in [0.15, 0.2) is 0 Å². The van der Waals surface area contributed by atoms with Gasteiger partial charge in [0.1, 0.15) is 17.3 Å². The van der Waals surface area contributed by atoms with E-state index in [1.165, 1.54) is 12.1 Å². The quantitative estimate of drug-likeness (QED) is 0.270. The third-order valence-corrected chi connectivity index (χ3v) is 5.84. The van der Waals surface area contributed by atoms with Gasteiger partial charge in [-0.1, -0.05) is 0 Å². The van der Waals surface area contributed by atoms with Gasteiger partial charge in [-0.05, 0) is 18.9 Å². The summed E-state index contributed by atoms with van der Waals surface area (Å²) in [5.74, 6) is 0.407. The molecule has 1 aliphatic rings. The number of nitrogens with one attached hydrogen (secondary N) is 1. The summed E-state index contributed by atoms with van der Waals surface area (Å²) in [7, 11) is -3.35. The minimum Gasteiger partial charge on any atom is -0.403 e. The molecule has 0 radical (unpaired) electrons. The van der Waals surface area contributed by atoms with Crippen molar-refractivity contribution < 1.29 is 18.4 Å². The Morgan fingerprint density at radius 2 is 2.04 bits per heavy atom. The van der Waals surface area contributed by atoms with Gasteiger partial charge in [0.05, 0.1) is 6.07 Å². The van der Waals surface area contributed by atoms with Crippen LogP contribution < -0.4 is 5.09 Å². The Morgan fingerprint density at radius 3 is 2.52 bits per heavy atom. The largest absolute Gasteiger partial charge is 0.433 e. The highest BCUT2D eigenvalue weighted by molar-refractivity contribution is 7.54. The molecule has 0 aromatic carbocycles. The van der Waals surface area contributed by atoms with Crippen molar-refractivity contribution in [2.45, 2.75) is 25.5 Å². The minimum absolute atomic E-state index is 0.139. The predicted molar refractivity (Wildman–Crippen MR) is 86.9 cm³/mol. The van der Waals surface area contributed by atoms with E-state index >= 15 is 0 Å². The molecule has 1 heterocycles. The Labute approximate surface area is 143 Å². The maximum Gasteiger partial charge on any atom is 0.433 e. The molecule has 1 fully saturated rings. The molecule has 1 unspecified atom stereocenters. The lowest BCUT2D eigenvalue weighted by Crippen LogP contribution is -2.33. The van der Waals surface area contributed by atoms with Crippen LogP contribution in [0.1, 0.15) is 18.6 Å². The van der Waals surface area contributed by atoms with Crippen molar-refractivity contribution in [1.29, 1.82) is 0 Å². The number of nitrogens with zero attached hydrogens (tertiary/aromatic N) is 2. The average Bonchev–Trinajstić information content (AvgIpc) is 3.17. The summed E-state index contributed by atoms with van der Waals surface area (Å²) in [6, 6.07) is 2.79. The molecule has 1 N–H and O–H groups in total. The van der Waals surface area contributed by atoms with Gasteiger partial charge >= 0.3 is 13.6 Å². The zero-order valence-corrected chi connectivity index (χ0v) is 14.7. The molecule has 130 valence electrons. The van der Waals surface area contributed by atoms with E-state index in [2.05, 4.69) is 5.09 Å². The number of halogens is 2. The molecule has 1 aliphatic carbocycles. The number of alkyl halides is 2. The predicted octanol–water partition coefficient (Wildman–Crippen LogP) is 3.34. The van der Waals surface area contributed by atoms with Crippen molar-refractivity contribution in [3.05, 3.63) is 28.0 Å². The third kappa shape index (κ3) is 5.45. The van der Waals surface area contributed by atoms with Crippen LogP contribution in [-0.2, 0) is 15.7 Å². The Bertz CT molecular complexity index is 575. The summed E-state index contributed by atoms with van der Waals surface area (Å²) in [6.45, 7) is 0.555. The molecule has 0 spiro atoms. The summed E-state index contributed by atoms with van der Waals surface area (Å²) in [4.78, 5) is 9.97. The van der Waals surface area contributed by atoms with Gasteiger partial charge in [0, 0.05) is 30.9 Å². The molecule has 0 bridgehead atoms. The van der Waals surface area contributed by atoms with Crippen LogP contribution in [0, 0.1) is 10.1 Å². The zero-order valence-electron chi connectivity index (χ0n) is 12.3. The van der Waals surface area contributed by atoms with Crippen LogP contribution in [0.2, 0.25) is 0 Å². The second-order valence-electron chi connectivity index (χ2n) is 5.03. The van der Waals surface area contributed by atoms with E-state index < -0.39 is 12.6 Å². The van der Waals surface area contributed by atoms with Crippen LogP contribution in [0.5, 0.6) is 0 Å². The number of furan rings is 1. The summed E-state index contributed by atoms with van der Waals surface area (Å²) >= 11 is 11.5. The molecule has 0 saturated heterocycles. The van der Waals surface area contributed by atoms with Gasteiger partial charge in [0.2, 0.25) is 0 Å². The first-order valence-corrected chi connectivity index (χ1v) is 9.76. The Kier molecular flexibility index (Phi) is 6.88. The van der Waals surface area contributed by atoms with Gasteiger partial charge in [-0.15, -0.1) is 23.2 Å². The van der Waals surface area contributed by atoms with Crippen molar-refractivity contribution in [2.24, 2.45) is 0 Å². The van der Waals surface area contributed by atoms with Crippen LogP contribution in [-0.4, -0.2) is 40.5 Å². The van der Waals surface area contributed by atoms with Gasteiger partial charge in [-0.2, -0.15) is 0 Å². The van der Waals surface area contributed by atoms with Crippen LogP contribution in [0.25, 0.3) is 0 Å². The van der Waals surface area contributed by atoms with Crippen molar-refractivity contribution in [3.63, 3.8) is 0 Å². The summed E-state index contributed by atoms with van der Waals surface area (Å²) in [5.41, 5.74) is 0. The monoisotopic (exact) mass is 385 g/mol. The van der Waals surface area contributed by atoms with Gasteiger partial charge in [-0.25, -0.2) is 9.76 Å². The fourth-order valence-corrected chi connectivity index (χ4v) is 4.70. The van der Waals surface area contributed by atoms with Gasteiger partial charge in [-0.3, -0.25) is 19.2 Å². The van der Waals surface area contributed by atoms with Gasteiger partial charge < -0.3 is 4.42 Å². The van der Waals surface area contributed by atoms with E-state index in [1.54, 1.807) is 4.67 Å². The second kappa shape index (κ2) is 8.46. The van der Waals surface area contributed by atoms with Crippen LogP contribution in [0.15, 0.2) is 16.5 Å². The molecule has 8 nitrogen and oxygen atoms in total. The van der Waals surface area contributed by atoms with Crippen molar-refractivity contribution in [2.75, 3.05) is 24.8 Å². The zero-order chi connectivity index (χ0) is 16.9. The Hall–Kier alpha value is -0.630. The number of rotatable bonds is 11. The molecular weight excluding hydrogens is 368 g/mol. The SMILES string of the molecule is O=[N+]([O-])c1ccc(COP(=O)(NC2CC2)N(CCCl)CCCl)o1. The second-order valence-corrected chi connectivity index (χ2v) is 7.90. The van der Waals surface area contributed by atoms with Crippen molar-refractivity contribution in [1.82, 2.24) is 9.76 Å². The summed E-state index contributed by atoms with van der Waals surface area (Å²) < 4.78 is 25.3. The molecule has 0 amide bonds. The van der Waals surface area contributed by atoms with Gasteiger partial charge in [0.25, 0.3) is 0 Å². The molecule has 1 saturated carbocycles. The molecule has 1 aromatic heterocycles. The molecule has 23 heavy (non-hydrogen) atoms. The standard InChI is InChI=1S/C12H18Cl2N3O5P/c13-5-7-16(8-6-14)23(20,15-10-1-2-10)21-9-11-3-4-12(22-11)17(18)19/h3-4,10H,1-2,5-9H2,(H,15,20). The smallest absolute Gasteiger partial charge is 0.403 e. The summed E-state index contributed by atoms with van der Waals surface area (Å²) in [5, 5.41) is 13.6. The van der Waals surface area contributed by atoms with E-state index in [-0.39, 0.29) is 36.1 Å². The summed E-state index contributed by atoms with van der Waals surface area (Å²) in [6.07, 6.45) is 1.85. The lowest BCUT2D eigenvalue weighted by molar-refractivity contribution is -0.402. The fourth-order valence-electron chi connectivity index (χ4n) is 1.91. The highest BCUT2D eigenvalue weighted by atomic mass is 35.5. The number of nitro groups is 1. The normalized spacial score (nSPS) is 17.3. The first-order valence-electron chi connectivity index (χ1n) is 7.11. The molecule has 2 rings (SSSR count). The van der Waals surface area contributed by atoms with E-state index in [0.717, 1.165) is 12.8 Å². The molecular formula is C12H18Cl2N3O5P. The number of hydrogen-bond acceptors (Lipinski definition) is 5. The highest BCUT2D eigenvalue weighted by Crippen LogP contribution is 2.50. The molecule has 1 atom stereocenters. The van der Waals surface area contributed by atoms with E-state index in [0.29, 0.717) is 13.1 Å². The first kappa shape index (κ1) is 18.7. The van der Waals surface area contributed by atoms with E-state index in [4.69, 9.17) is 32.1 Å². The highest BCUT2D eigenvalue weighted by Gasteiger charge is 2.37. The van der Waals surface area contributed by atoms with E-state index in [1.807, 2.05) is 0 Å². The van der Waals surface area contributed by atoms with E-state index in [9.17, 15) is 14.7 Å². The maximum atomic E-state index is 13.2. The molecule has 0 aliphatic heterocycles. The lowest BCUT2D eigenvalue weighted by Gasteiger charge is -2.30. The maximum absolute atomic E-state index is 13.2. The van der Waals surface area contributed by atoms with Crippen molar-refractivity contribution >= 4 is 36.8 Å². The number of hydrogen-bond donors (Lipinski definition) is 1. The topological polar surface area (TPSA) is 97.8 Å². The Morgan fingerprint density at radius 1 is 1.39 bits per heavy atom. The lowest BCUT2D eigenvalue weighted by atomic mass is 10.5. The van der Waals surface area contributed by atoms with Crippen LogP contribution >= 0.6 is 30.9 Å².